The van der Waals surface area contributed by atoms with Crippen molar-refractivity contribution in [2.45, 2.75) is 6.92 Å². The average molecular weight is 357 g/mol. The molecular formula is C16H13ClN6O2. The van der Waals surface area contributed by atoms with Gasteiger partial charge in [0, 0.05) is 23.3 Å². The summed E-state index contributed by atoms with van der Waals surface area (Å²) in [5.41, 5.74) is 1.91. The van der Waals surface area contributed by atoms with Crippen molar-refractivity contribution in [1.29, 1.82) is 0 Å². The fourth-order valence-corrected chi connectivity index (χ4v) is 2.41. The number of anilines is 2. The SMILES string of the molecule is CC(=O)Nc1cccc(NC(=O)c2cc(Cl)ccc2-n2cnnn2)c1. The van der Waals surface area contributed by atoms with Crippen LogP contribution in [0.2, 0.25) is 5.02 Å². The maximum Gasteiger partial charge on any atom is 0.257 e. The van der Waals surface area contributed by atoms with Crippen LogP contribution < -0.4 is 10.6 Å². The van der Waals surface area contributed by atoms with Gasteiger partial charge < -0.3 is 10.6 Å². The minimum absolute atomic E-state index is 0.195. The molecule has 0 atom stereocenters. The van der Waals surface area contributed by atoms with Gasteiger partial charge in [0.25, 0.3) is 5.91 Å². The molecule has 0 fully saturated rings. The summed E-state index contributed by atoms with van der Waals surface area (Å²) in [7, 11) is 0. The lowest BCUT2D eigenvalue weighted by Crippen LogP contribution is -2.16. The van der Waals surface area contributed by atoms with E-state index in [1.807, 2.05) is 0 Å². The standard InChI is InChI=1S/C16H13ClN6O2/c1-10(24)19-12-3-2-4-13(8-12)20-16(25)14-7-11(17)5-6-15(14)23-9-18-21-22-23/h2-9H,1H3,(H,19,24)(H,20,25). The van der Waals surface area contributed by atoms with Gasteiger partial charge in [-0.05, 0) is 46.8 Å². The van der Waals surface area contributed by atoms with Gasteiger partial charge in [0.15, 0.2) is 0 Å². The van der Waals surface area contributed by atoms with Gasteiger partial charge in [0.05, 0.1) is 11.3 Å². The molecule has 0 aliphatic heterocycles. The van der Waals surface area contributed by atoms with Gasteiger partial charge in [-0.15, -0.1) is 5.10 Å². The van der Waals surface area contributed by atoms with Crippen LogP contribution in [0.3, 0.4) is 0 Å². The van der Waals surface area contributed by atoms with Crippen molar-refractivity contribution in [3.8, 4) is 5.69 Å². The summed E-state index contributed by atoms with van der Waals surface area (Å²) in [6.45, 7) is 1.41. The quantitative estimate of drug-likeness (QED) is 0.747. The molecule has 0 spiro atoms. The molecule has 0 aliphatic carbocycles. The van der Waals surface area contributed by atoms with Gasteiger partial charge in [0.2, 0.25) is 5.91 Å². The molecule has 3 aromatic rings. The van der Waals surface area contributed by atoms with E-state index in [1.54, 1.807) is 36.4 Å². The first kappa shape index (κ1) is 16.6. The molecule has 0 unspecified atom stereocenters. The van der Waals surface area contributed by atoms with E-state index >= 15 is 0 Å². The summed E-state index contributed by atoms with van der Waals surface area (Å²) in [5.74, 6) is -0.577. The highest BCUT2D eigenvalue weighted by Crippen LogP contribution is 2.21. The lowest BCUT2D eigenvalue weighted by Gasteiger charge is -2.11. The number of halogens is 1. The number of hydrogen-bond donors (Lipinski definition) is 2. The van der Waals surface area contributed by atoms with Gasteiger partial charge in [-0.2, -0.15) is 4.68 Å². The van der Waals surface area contributed by atoms with Crippen LogP contribution in [-0.2, 0) is 4.79 Å². The number of rotatable bonds is 4. The van der Waals surface area contributed by atoms with Gasteiger partial charge >= 0.3 is 0 Å². The Labute approximate surface area is 147 Å². The molecule has 2 aromatic carbocycles. The molecule has 9 heteroatoms. The van der Waals surface area contributed by atoms with E-state index in [0.29, 0.717) is 27.6 Å². The minimum Gasteiger partial charge on any atom is -0.326 e. The lowest BCUT2D eigenvalue weighted by atomic mass is 10.1. The molecule has 0 saturated heterocycles. The predicted octanol–water partition coefficient (Wildman–Crippen LogP) is 2.53. The van der Waals surface area contributed by atoms with Crippen molar-refractivity contribution < 1.29 is 9.59 Å². The molecule has 0 aliphatic rings. The van der Waals surface area contributed by atoms with Crippen LogP contribution in [0.4, 0.5) is 11.4 Å². The van der Waals surface area contributed by atoms with Crippen molar-refractivity contribution in [1.82, 2.24) is 20.2 Å². The Kier molecular flexibility index (Phi) is 4.71. The lowest BCUT2D eigenvalue weighted by molar-refractivity contribution is -0.114. The van der Waals surface area contributed by atoms with Crippen LogP contribution in [0.5, 0.6) is 0 Å². The summed E-state index contributed by atoms with van der Waals surface area (Å²) < 4.78 is 1.37. The molecule has 0 bridgehead atoms. The predicted molar refractivity (Wildman–Crippen MR) is 92.9 cm³/mol. The molecule has 2 amide bonds. The van der Waals surface area contributed by atoms with Gasteiger partial charge in [-0.3, -0.25) is 9.59 Å². The third-order valence-corrected chi connectivity index (χ3v) is 3.47. The number of amides is 2. The number of nitrogens with zero attached hydrogens (tertiary/aromatic N) is 4. The first-order chi connectivity index (χ1) is 12.0. The third-order valence-electron chi connectivity index (χ3n) is 3.24. The van der Waals surface area contributed by atoms with Crippen LogP contribution >= 0.6 is 11.6 Å². The molecule has 126 valence electrons. The first-order valence-electron chi connectivity index (χ1n) is 7.25. The molecule has 1 heterocycles. The Morgan fingerprint density at radius 1 is 1.08 bits per heavy atom. The van der Waals surface area contributed by atoms with Crippen LogP contribution in [0.1, 0.15) is 17.3 Å². The topological polar surface area (TPSA) is 102 Å². The molecule has 1 aromatic heterocycles. The van der Waals surface area contributed by atoms with Crippen molar-refractivity contribution >= 4 is 34.8 Å². The fraction of sp³-hybridized carbons (Fsp3) is 0.0625. The highest BCUT2D eigenvalue weighted by atomic mass is 35.5. The fourth-order valence-electron chi connectivity index (χ4n) is 2.24. The zero-order valence-electron chi connectivity index (χ0n) is 13.1. The Bertz CT molecular complexity index is 926. The molecule has 0 radical (unpaired) electrons. The molecule has 2 N–H and O–H groups in total. The maximum absolute atomic E-state index is 12.7. The van der Waals surface area contributed by atoms with Gasteiger partial charge in [0.1, 0.15) is 6.33 Å². The second kappa shape index (κ2) is 7.10. The Balaban J connectivity index is 1.89. The van der Waals surface area contributed by atoms with Crippen molar-refractivity contribution in [2.24, 2.45) is 0 Å². The average Bonchev–Trinajstić information content (AvgIpc) is 3.08. The maximum atomic E-state index is 12.7. The van der Waals surface area contributed by atoms with E-state index in [2.05, 4.69) is 26.2 Å². The zero-order valence-corrected chi connectivity index (χ0v) is 13.9. The highest BCUT2D eigenvalue weighted by Gasteiger charge is 2.15. The van der Waals surface area contributed by atoms with Crippen molar-refractivity contribution in [3.05, 3.63) is 59.4 Å². The molecule has 3 rings (SSSR count). The minimum atomic E-state index is -0.382. The van der Waals surface area contributed by atoms with Crippen LogP contribution in [0.15, 0.2) is 48.8 Å². The van der Waals surface area contributed by atoms with Crippen LogP contribution in [0.25, 0.3) is 5.69 Å². The summed E-state index contributed by atoms with van der Waals surface area (Å²) in [4.78, 5) is 23.8. The molecular weight excluding hydrogens is 344 g/mol. The van der Waals surface area contributed by atoms with Gasteiger partial charge in [-0.25, -0.2) is 0 Å². The smallest absolute Gasteiger partial charge is 0.257 e. The first-order valence-corrected chi connectivity index (χ1v) is 7.62. The zero-order chi connectivity index (χ0) is 17.8. The summed E-state index contributed by atoms with van der Waals surface area (Å²) in [6, 6.07) is 11.6. The Morgan fingerprint density at radius 2 is 1.84 bits per heavy atom. The van der Waals surface area contributed by atoms with Crippen molar-refractivity contribution in [3.63, 3.8) is 0 Å². The van der Waals surface area contributed by atoms with Crippen LogP contribution in [-0.4, -0.2) is 32.0 Å². The number of benzene rings is 2. The molecule has 0 saturated carbocycles. The monoisotopic (exact) mass is 356 g/mol. The molecule has 8 nitrogen and oxygen atoms in total. The van der Waals surface area contributed by atoms with Crippen LogP contribution in [0, 0.1) is 0 Å². The van der Waals surface area contributed by atoms with E-state index in [4.69, 9.17) is 11.6 Å². The summed E-state index contributed by atoms with van der Waals surface area (Å²) in [6.07, 6.45) is 1.39. The number of nitrogens with one attached hydrogen (secondary N) is 2. The van der Waals surface area contributed by atoms with E-state index in [1.165, 1.54) is 24.0 Å². The third kappa shape index (κ3) is 3.99. The largest absolute Gasteiger partial charge is 0.326 e. The highest BCUT2D eigenvalue weighted by molar-refractivity contribution is 6.31. The van der Waals surface area contributed by atoms with E-state index in [0.717, 1.165) is 0 Å². The number of carbonyl (C=O) groups excluding carboxylic acids is 2. The van der Waals surface area contributed by atoms with E-state index in [9.17, 15) is 9.59 Å². The van der Waals surface area contributed by atoms with E-state index < -0.39 is 0 Å². The van der Waals surface area contributed by atoms with Crippen molar-refractivity contribution in [2.75, 3.05) is 10.6 Å². The van der Waals surface area contributed by atoms with Gasteiger partial charge in [-0.1, -0.05) is 17.7 Å². The Hall–Kier alpha value is -3.26. The summed E-state index contributed by atoms with van der Waals surface area (Å²) in [5, 5.41) is 16.8. The number of tetrazole rings is 1. The second-order valence-electron chi connectivity index (χ2n) is 5.13. The number of carbonyl (C=O) groups is 2. The van der Waals surface area contributed by atoms with E-state index in [-0.39, 0.29) is 11.8 Å². The Morgan fingerprint density at radius 3 is 2.52 bits per heavy atom. The number of hydrogen-bond acceptors (Lipinski definition) is 5. The second-order valence-corrected chi connectivity index (χ2v) is 5.57. The molecule has 25 heavy (non-hydrogen) atoms. The number of aromatic nitrogens is 4. The normalized spacial score (nSPS) is 10.3. The summed E-state index contributed by atoms with van der Waals surface area (Å²) >= 11 is 6.02.